The van der Waals surface area contributed by atoms with Crippen LogP contribution in [0.4, 0.5) is 11.4 Å². The smallest absolute Gasteiger partial charge is 0.337 e. The van der Waals surface area contributed by atoms with Crippen LogP contribution in [0.2, 0.25) is 0 Å². The Morgan fingerprint density at radius 3 is 1.79 bits per heavy atom. The highest BCUT2D eigenvalue weighted by atomic mass is 16.6. The summed E-state index contributed by atoms with van der Waals surface area (Å²) < 4.78 is 4.43. The number of hydrogen-bond donors (Lipinski definition) is 2. The Balaban J connectivity index is 0.000000283. The van der Waals surface area contributed by atoms with Gasteiger partial charge in [-0.15, -0.1) is 0 Å². The number of carboxylic acids is 1. The van der Waals surface area contributed by atoms with E-state index in [0.717, 1.165) is 0 Å². The standard InChI is InChI=1S/C9H10N2O4.C8H7NO4/c10-8(9(12)13)5-6-1-3-7(4-2-6)11(14)15;1-13-8(10)6-2-4-7(5-3-6)9(11)12/h1-4,8H,5,10H2,(H,12,13);2-5H,1H3/t8-;/m0./s1. The third kappa shape index (κ3) is 6.80. The molecule has 28 heavy (non-hydrogen) atoms. The molecule has 0 aliphatic carbocycles. The van der Waals surface area contributed by atoms with Gasteiger partial charge < -0.3 is 15.6 Å². The van der Waals surface area contributed by atoms with E-state index in [-0.39, 0.29) is 17.8 Å². The predicted molar refractivity (Wildman–Crippen MR) is 96.8 cm³/mol. The van der Waals surface area contributed by atoms with Crippen molar-refractivity contribution in [2.75, 3.05) is 7.11 Å². The first kappa shape index (κ1) is 22.2. The van der Waals surface area contributed by atoms with Crippen LogP contribution in [0.1, 0.15) is 15.9 Å². The van der Waals surface area contributed by atoms with E-state index in [4.69, 9.17) is 10.8 Å². The van der Waals surface area contributed by atoms with E-state index in [1.54, 1.807) is 0 Å². The van der Waals surface area contributed by atoms with Gasteiger partial charge in [0, 0.05) is 24.3 Å². The highest BCUT2D eigenvalue weighted by Gasteiger charge is 2.13. The Bertz CT molecular complexity index is 850. The molecule has 2 aromatic carbocycles. The van der Waals surface area contributed by atoms with Crippen LogP contribution in [-0.4, -0.2) is 40.0 Å². The molecule has 0 bridgehead atoms. The predicted octanol–water partition coefficient (Wildman–Crippen LogP) is 1.93. The number of carbonyl (C=O) groups excluding carboxylic acids is 1. The molecule has 0 fully saturated rings. The second kappa shape index (κ2) is 10.3. The second-order valence-corrected chi connectivity index (χ2v) is 5.37. The summed E-state index contributed by atoms with van der Waals surface area (Å²) in [6, 6.07) is 9.88. The molecule has 0 heterocycles. The topological polar surface area (TPSA) is 176 Å². The first-order valence-electron chi connectivity index (χ1n) is 7.70. The lowest BCUT2D eigenvalue weighted by atomic mass is 10.1. The number of esters is 1. The maximum atomic E-state index is 10.9. The molecule has 11 nitrogen and oxygen atoms in total. The molecule has 0 saturated carbocycles. The van der Waals surface area contributed by atoms with E-state index < -0.39 is 27.8 Å². The maximum absolute atomic E-state index is 10.9. The quantitative estimate of drug-likeness (QED) is 0.423. The molecule has 0 aliphatic heterocycles. The molecule has 3 N–H and O–H groups in total. The minimum Gasteiger partial charge on any atom is -0.480 e. The third-order valence-electron chi connectivity index (χ3n) is 3.42. The number of hydrogen-bond acceptors (Lipinski definition) is 8. The summed E-state index contributed by atoms with van der Waals surface area (Å²) in [6.45, 7) is 0. The van der Waals surface area contributed by atoms with Crippen LogP contribution in [0.3, 0.4) is 0 Å². The van der Waals surface area contributed by atoms with E-state index in [1.807, 2.05) is 0 Å². The van der Waals surface area contributed by atoms with E-state index >= 15 is 0 Å². The molecule has 0 aliphatic rings. The van der Waals surface area contributed by atoms with Gasteiger partial charge in [0.2, 0.25) is 0 Å². The fourth-order valence-corrected chi connectivity index (χ4v) is 1.93. The highest BCUT2D eigenvalue weighted by Crippen LogP contribution is 2.13. The summed E-state index contributed by atoms with van der Waals surface area (Å²) in [4.78, 5) is 40.9. The molecule has 2 rings (SSSR count). The lowest BCUT2D eigenvalue weighted by Gasteiger charge is -2.05. The van der Waals surface area contributed by atoms with Crippen molar-refractivity contribution < 1.29 is 29.3 Å². The summed E-state index contributed by atoms with van der Waals surface area (Å²) in [5.74, 6) is -1.59. The van der Waals surface area contributed by atoms with Gasteiger partial charge in [0.25, 0.3) is 11.4 Å². The summed E-state index contributed by atoms with van der Waals surface area (Å²) in [6.07, 6.45) is 0.160. The van der Waals surface area contributed by atoms with Gasteiger partial charge in [-0.25, -0.2) is 4.79 Å². The van der Waals surface area contributed by atoms with Crippen LogP contribution in [-0.2, 0) is 16.0 Å². The van der Waals surface area contributed by atoms with Crippen molar-refractivity contribution in [2.45, 2.75) is 12.5 Å². The summed E-state index contributed by atoms with van der Waals surface area (Å²) >= 11 is 0. The van der Waals surface area contributed by atoms with Gasteiger partial charge in [-0.3, -0.25) is 25.0 Å². The Labute approximate surface area is 158 Å². The van der Waals surface area contributed by atoms with Crippen LogP contribution >= 0.6 is 0 Å². The van der Waals surface area contributed by atoms with Crippen LogP contribution in [0.25, 0.3) is 0 Å². The van der Waals surface area contributed by atoms with Gasteiger partial charge in [0.15, 0.2) is 0 Å². The van der Waals surface area contributed by atoms with E-state index in [1.165, 1.54) is 55.6 Å². The zero-order chi connectivity index (χ0) is 21.3. The number of carbonyl (C=O) groups is 2. The summed E-state index contributed by atoms with van der Waals surface area (Å²) in [7, 11) is 1.25. The largest absolute Gasteiger partial charge is 0.480 e. The number of nitrogens with two attached hydrogens (primary N) is 1. The van der Waals surface area contributed by atoms with Crippen LogP contribution in [0.15, 0.2) is 48.5 Å². The zero-order valence-corrected chi connectivity index (χ0v) is 14.7. The van der Waals surface area contributed by atoms with Crippen molar-refractivity contribution in [3.8, 4) is 0 Å². The number of rotatable bonds is 6. The molecule has 0 radical (unpaired) electrons. The molecule has 0 spiro atoms. The molecule has 0 aromatic heterocycles. The molecule has 0 unspecified atom stereocenters. The molecular formula is C17H17N3O8. The minimum atomic E-state index is -1.09. The average molecular weight is 391 g/mol. The molecular weight excluding hydrogens is 374 g/mol. The fourth-order valence-electron chi connectivity index (χ4n) is 1.93. The number of aliphatic carboxylic acids is 1. The fraction of sp³-hybridized carbons (Fsp3) is 0.176. The van der Waals surface area contributed by atoms with Crippen molar-refractivity contribution >= 4 is 23.3 Å². The Hall–Kier alpha value is -3.86. The number of carboxylic acid groups (broad SMARTS) is 1. The molecule has 1 atom stereocenters. The Morgan fingerprint density at radius 2 is 1.43 bits per heavy atom. The van der Waals surface area contributed by atoms with Gasteiger partial charge >= 0.3 is 11.9 Å². The van der Waals surface area contributed by atoms with E-state index in [9.17, 15) is 29.8 Å². The van der Waals surface area contributed by atoms with Crippen LogP contribution in [0, 0.1) is 20.2 Å². The molecule has 0 amide bonds. The van der Waals surface area contributed by atoms with E-state index in [2.05, 4.69) is 4.74 Å². The highest BCUT2D eigenvalue weighted by molar-refractivity contribution is 5.89. The molecule has 2 aromatic rings. The van der Waals surface area contributed by atoms with Gasteiger partial charge in [-0.2, -0.15) is 0 Å². The summed E-state index contributed by atoms with van der Waals surface area (Å²) in [5.41, 5.74) is 6.20. The third-order valence-corrected chi connectivity index (χ3v) is 3.42. The van der Waals surface area contributed by atoms with Crippen molar-refractivity contribution in [2.24, 2.45) is 5.73 Å². The molecule has 148 valence electrons. The number of methoxy groups -OCH3 is 1. The molecule has 11 heteroatoms. The molecule has 0 saturated heterocycles. The van der Waals surface area contributed by atoms with Gasteiger partial charge in [0.1, 0.15) is 6.04 Å². The van der Waals surface area contributed by atoms with Gasteiger partial charge in [-0.05, 0) is 24.1 Å². The first-order valence-corrected chi connectivity index (χ1v) is 7.70. The monoisotopic (exact) mass is 391 g/mol. The van der Waals surface area contributed by atoms with Crippen molar-refractivity contribution in [3.05, 3.63) is 79.9 Å². The number of ether oxygens (including phenoxy) is 1. The van der Waals surface area contributed by atoms with Crippen LogP contribution < -0.4 is 5.73 Å². The number of nitro groups is 2. The van der Waals surface area contributed by atoms with Gasteiger partial charge in [0.05, 0.1) is 22.5 Å². The van der Waals surface area contributed by atoms with Crippen molar-refractivity contribution in [3.63, 3.8) is 0 Å². The van der Waals surface area contributed by atoms with E-state index in [0.29, 0.717) is 11.1 Å². The lowest BCUT2D eigenvalue weighted by Crippen LogP contribution is -2.32. The van der Waals surface area contributed by atoms with Crippen LogP contribution in [0.5, 0.6) is 0 Å². The number of nitrogens with zero attached hydrogens (tertiary/aromatic N) is 2. The second-order valence-electron chi connectivity index (χ2n) is 5.37. The maximum Gasteiger partial charge on any atom is 0.337 e. The van der Waals surface area contributed by atoms with Crippen molar-refractivity contribution in [1.82, 2.24) is 0 Å². The Morgan fingerprint density at radius 1 is 1.00 bits per heavy atom. The number of non-ortho nitro benzene ring substituents is 2. The average Bonchev–Trinajstić information content (AvgIpc) is 2.68. The zero-order valence-electron chi connectivity index (χ0n) is 14.7. The van der Waals surface area contributed by atoms with Crippen molar-refractivity contribution in [1.29, 1.82) is 0 Å². The normalized spacial score (nSPS) is 10.8. The minimum absolute atomic E-state index is 0.0253. The first-order chi connectivity index (χ1) is 13.1. The number of nitro benzene ring substituents is 2. The number of benzene rings is 2. The Kier molecular flexibility index (Phi) is 8.18. The summed E-state index contributed by atoms with van der Waals surface area (Å²) in [5, 5.41) is 29.1. The lowest BCUT2D eigenvalue weighted by molar-refractivity contribution is -0.385. The SMILES string of the molecule is COC(=O)c1ccc([N+](=O)[O-])cc1.N[C@@H](Cc1ccc([N+](=O)[O-])cc1)C(=O)O. The van der Waals surface area contributed by atoms with Gasteiger partial charge in [-0.1, -0.05) is 12.1 Å².